The fourth-order valence-electron chi connectivity index (χ4n) is 1.43. The van der Waals surface area contributed by atoms with Gasteiger partial charge in [-0.1, -0.05) is 11.8 Å². The average molecular weight is 265 g/mol. The number of aromatic hydroxyl groups is 1. The lowest BCUT2D eigenvalue weighted by Gasteiger charge is -2.02. The molecule has 0 fully saturated rings. The Morgan fingerprint density at radius 3 is 2.61 bits per heavy atom. The van der Waals surface area contributed by atoms with Crippen LogP contribution in [0.4, 0.5) is 0 Å². The molecule has 0 unspecified atom stereocenters. The lowest BCUT2D eigenvalue weighted by atomic mass is 10.2. The number of phenolic OH excluding ortho intramolecular Hbond substituents is 1. The lowest BCUT2D eigenvalue weighted by Crippen LogP contribution is -2.00. The van der Waals surface area contributed by atoms with Crippen LogP contribution in [0.15, 0.2) is 29.4 Å². The van der Waals surface area contributed by atoms with Crippen molar-refractivity contribution >= 4 is 17.7 Å². The minimum absolute atomic E-state index is 0.0540. The molecule has 0 saturated heterocycles. The van der Waals surface area contributed by atoms with E-state index in [-0.39, 0.29) is 11.5 Å². The third kappa shape index (κ3) is 2.62. The van der Waals surface area contributed by atoms with Gasteiger partial charge in [0.25, 0.3) is 0 Å². The molecule has 0 atom stereocenters. The highest BCUT2D eigenvalue weighted by Gasteiger charge is 2.12. The molecule has 1 aromatic carbocycles. The molecule has 2 N–H and O–H groups in total. The second-order valence-corrected chi connectivity index (χ2v) is 4.54. The number of nitrogens with zero attached hydrogens (tertiary/aromatic N) is 3. The molecule has 94 valence electrons. The summed E-state index contributed by atoms with van der Waals surface area (Å²) in [6, 6.07) is 6.58. The Morgan fingerprint density at radius 2 is 2.00 bits per heavy atom. The minimum Gasteiger partial charge on any atom is -0.508 e. The van der Waals surface area contributed by atoms with E-state index in [2.05, 4.69) is 10.2 Å². The number of hydrogen-bond acceptors (Lipinski definition) is 5. The summed E-state index contributed by atoms with van der Waals surface area (Å²) in [4.78, 5) is 10.5. The van der Waals surface area contributed by atoms with E-state index >= 15 is 0 Å². The second-order valence-electron chi connectivity index (χ2n) is 3.59. The van der Waals surface area contributed by atoms with Gasteiger partial charge in [0, 0.05) is 12.6 Å². The molecule has 6 nitrogen and oxygen atoms in total. The zero-order valence-corrected chi connectivity index (χ0v) is 10.4. The highest BCUT2D eigenvalue weighted by molar-refractivity contribution is 7.99. The molecule has 0 saturated carbocycles. The Labute approximate surface area is 107 Å². The summed E-state index contributed by atoms with van der Waals surface area (Å²) in [5.41, 5.74) is 0.810. The predicted octanol–water partition coefficient (Wildman–Crippen LogP) is 1.36. The maximum absolute atomic E-state index is 10.5. The standard InChI is InChI=1S/C11H11N3O3S/c1-14-10(7-2-4-8(15)5-3-7)12-13-11(14)18-6-9(16)17/h2-5,15H,6H2,1H3,(H,16,17). The van der Waals surface area contributed by atoms with Crippen molar-refractivity contribution in [2.45, 2.75) is 5.16 Å². The normalized spacial score (nSPS) is 10.5. The van der Waals surface area contributed by atoms with Crippen molar-refractivity contribution in [1.29, 1.82) is 0 Å². The van der Waals surface area contributed by atoms with Crippen LogP contribution in [-0.4, -0.2) is 36.7 Å². The number of benzene rings is 1. The number of rotatable bonds is 4. The van der Waals surface area contributed by atoms with Gasteiger partial charge in [-0.3, -0.25) is 4.79 Å². The number of aromatic nitrogens is 3. The van der Waals surface area contributed by atoms with E-state index in [0.29, 0.717) is 11.0 Å². The maximum Gasteiger partial charge on any atom is 0.313 e. The number of thioether (sulfide) groups is 1. The zero-order valence-electron chi connectivity index (χ0n) is 9.57. The fraction of sp³-hybridized carbons (Fsp3) is 0.182. The highest BCUT2D eigenvalue weighted by Crippen LogP contribution is 2.23. The summed E-state index contributed by atoms with van der Waals surface area (Å²) in [6.45, 7) is 0. The third-order valence-corrected chi connectivity index (χ3v) is 3.29. The first-order chi connectivity index (χ1) is 8.58. The van der Waals surface area contributed by atoms with Gasteiger partial charge in [0.2, 0.25) is 0 Å². The first-order valence-electron chi connectivity index (χ1n) is 5.11. The average Bonchev–Trinajstić information content (AvgIpc) is 2.69. The molecule has 0 aliphatic rings. The Morgan fingerprint density at radius 1 is 1.33 bits per heavy atom. The van der Waals surface area contributed by atoms with Gasteiger partial charge in [-0.05, 0) is 24.3 Å². The van der Waals surface area contributed by atoms with Crippen LogP contribution in [0.5, 0.6) is 5.75 Å². The van der Waals surface area contributed by atoms with Crippen molar-refractivity contribution in [3.05, 3.63) is 24.3 Å². The van der Waals surface area contributed by atoms with Gasteiger partial charge in [0.1, 0.15) is 5.75 Å². The Hall–Kier alpha value is -2.02. The van der Waals surface area contributed by atoms with E-state index in [1.54, 1.807) is 35.9 Å². The highest BCUT2D eigenvalue weighted by atomic mass is 32.2. The maximum atomic E-state index is 10.5. The van der Waals surface area contributed by atoms with Crippen molar-refractivity contribution in [1.82, 2.24) is 14.8 Å². The van der Waals surface area contributed by atoms with Gasteiger partial charge in [0.15, 0.2) is 11.0 Å². The van der Waals surface area contributed by atoms with Gasteiger partial charge in [-0.15, -0.1) is 10.2 Å². The smallest absolute Gasteiger partial charge is 0.313 e. The van der Waals surface area contributed by atoms with Crippen LogP contribution in [0.2, 0.25) is 0 Å². The van der Waals surface area contributed by atoms with Crippen LogP contribution in [0.25, 0.3) is 11.4 Å². The number of carboxylic acids is 1. The van der Waals surface area contributed by atoms with Gasteiger partial charge in [-0.25, -0.2) is 0 Å². The van der Waals surface area contributed by atoms with Crippen molar-refractivity contribution in [3.63, 3.8) is 0 Å². The molecule has 0 bridgehead atoms. The Balaban J connectivity index is 2.25. The Bertz CT molecular complexity index is 565. The van der Waals surface area contributed by atoms with Crippen LogP contribution in [0.3, 0.4) is 0 Å². The number of hydrogen-bond donors (Lipinski definition) is 2. The molecular weight excluding hydrogens is 254 g/mol. The quantitative estimate of drug-likeness (QED) is 0.812. The van der Waals surface area contributed by atoms with Crippen LogP contribution in [-0.2, 0) is 11.8 Å². The van der Waals surface area contributed by atoms with Gasteiger partial charge < -0.3 is 14.8 Å². The van der Waals surface area contributed by atoms with E-state index < -0.39 is 5.97 Å². The molecule has 7 heteroatoms. The van der Waals surface area contributed by atoms with Gasteiger partial charge >= 0.3 is 5.97 Å². The molecule has 2 aromatic rings. The summed E-state index contributed by atoms with van der Waals surface area (Å²) >= 11 is 1.11. The van der Waals surface area contributed by atoms with Crippen molar-refractivity contribution in [3.8, 4) is 17.1 Å². The molecular formula is C11H11N3O3S. The first kappa shape index (κ1) is 12.4. The largest absolute Gasteiger partial charge is 0.508 e. The fourth-order valence-corrected chi connectivity index (χ4v) is 2.06. The molecule has 0 aliphatic carbocycles. The molecule has 1 heterocycles. The van der Waals surface area contributed by atoms with Crippen LogP contribution in [0.1, 0.15) is 0 Å². The van der Waals surface area contributed by atoms with Crippen molar-refractivity contribution in [2.75, 3.05) is 5.75 Å². The van der Waals surface area contributed by atoms with Crippen LogP contribution < -0.4 is 0 Å². The molecule has 2 rings (SSSR count). The van der Waals surface area contributed by atoms with E-state index in [0.717, 1.165) is 17.3 Å². The van der Waals surface area contributed by atoms with Crippen LogP contribution in [0, 0.1) is 0 Å². The van der Waals surface area contributed by atoms with E-state index in [1.165, 1.54) is 0 Å². The summed E-state index contributed by atoms with van der Waals surface area (Å²) in [5.74, 6) is -0.139. The molecule has 18 heavy (non-hydrogen) atoms. The Kier molecular flexibility index (Phi) is 3.52. The summed E-state index contributed by atoms with van der Waals surface area (Å²) in [6.07, 6.45) is 0. The van der Waals surface area contributed by atoms with E-state index in [1.807, 2.05) is 0 Å². The number of aliphatic carboxylic acids is 1. The number of carboxylic acid groups (broad SMARTS) is 1. The summed E-state index contributed by atoms with van der Waals surface area (Å²) in [7, 11) is 1.77. The van der Waals surface area contributed by atoms with Gasteiger partial charge in [-0.2, -0.15) is 0 Å². The minimum atomic E-state index is -0.894. The second kappa shape index (κ2) is 5.09. The SMILES string of the molecule is Cn1c(SCC(=O)O)nnc1-c1ccc(O)cc1. The number of carbonyl (C=O) groups is 1. The molecule has 1 aromatic heterocycles. The molecule has 0 amide bonds. The molecule has 0 spiro atoms. The van der Waals surface area contributed by atoms with Crippen molar-refractivity contribution in [2.24, 2.45) is 7.05 Å². The molecule has 0 aliphatic heterocycles. The zero-order chi connectivity index (χ0) is 13.1. The van der Waals surface area contributed by atoms with E-state index in [9.17, 15) is 9.90 Å². The number of phenols is 1. The molecule has 0 radical (unpaired) electrons. The summed E-state index contributed by atoms with van der Waals surface area (Å²) in [5, 5.41) is 26.3. The summed E-state index contributed by atoms with van der Waals surface area (Å²) < 4.78 is 1.72. The third-order valence-electron chi connectivity index (χ3n) is 2.29. The monoisotopic (exact) mass is 265 g/mol. The van der Waals surface area contributed by atoms with Crippen molar-refractivity contribution < 1.29 is 15.0 Å². The van der Waals surface area contributed by atoms with Gasteiger partial charge in [0.05, 0.1) is 5.75 Å². The first-order valence-corrected chi connectivity index (χ1v) is 6.10. The predicted molar refractivity (Wildman–Crippen MR) is 66.5 cm³/mol. The topological polar surface area (TPSA) is 88.2 Å². The lowest BCUT2D eigenvalue weighted by molar-refractivity contribution is -0.133. The van der Waals surface area contributed by atoms with Crippen LogP contribution >= 0.6 is 11.8 Å². The van der Waals surface area contributed by atoms with E-state index in [4.69, 9.17) is 5.11 Å².